The molecular formula is C19H19N3O2S. The first-order chi connectivity index (χ1) is 12.1. The molecule has 0 bridgehead atoms. The Labute approximate surface area is 151 Å². The molecule has 5 nitrogen and oxygen atoms in total. The number of amidine groups is 1. The maximum absolute atomic E-state index is 11.7. The van der Waals surface area contributed by atoms with Crippen LogP contribution < -0.4 is 0 Å². The molecule has 2 aromatic carbocycles. The minimum atomic E-state index is -0.332. The van der Waals surface area contributed by atoms with E-state index in [9.17, 15) is 4.79 Å². The average Bonchev–Trinajstić information content (AvgIpc) is 2.67. The zero-order chi connectivity index (χ0) is 17.8. The number of methoxy groups -OCH3 is 1. The summed E-state index contributed by atoms with van der Waals surface area (Å²) in [6, 6.07) is 15.6. The number of hydrogen-bond acceptors (Lipinski definition) is 6. The molecule has 0 spiro atoms. The van der Waals surface area contributed by atoms with Gasteiger partial charge in [-0.05, 0) is 28.8 Å². The smallest absolute Gasteiger partial charge is 0.337 e. The van der Waals surface area contributed by atoms with E-state index in [0.717, 1.165) is 33.3 Å². The van der Waals surface area contributed by atoms with Gasteiger partial charge in [0.25, 0.3) is 0 Å². The quantitative estimate of drug-likeness (QED) is 0.793. The summed E-state index contributed by atoms with van der Waals surface area (Å²) in [6.45, 7) is 0. The average molecular weight is 353 g/mol. The Morgan fingerprint density at radius 3 is 2.36 bits per heavy atom. The van der Waals surface area contributed by atoms with E-state index < -0.39 is 0 Å². The third kappa shape index (κ3) is 3.91. The van der Waals surface area contributed by atoms with E-state index in [1.54, 1.807) is 17.8 Å². The largest absolute Gasteiger partial charge is 0.465 e. The number of rotatable bonds is 3. The van der Waals surface area contributed by atoms with Gasteiger partial charge in [-0.25, -0.2) is 4.79 Å². The third-order valence-corrected chi connectivity index (χ3v) is 4.93. The van der Waals surface area contributed by atoms with Gasteiger partial charge in [0.05, 0.1) is 18.4 Å². The molecule has 0 unspecified atom stereocenters. The van der Waals surface area contributed by atoms with E-state index in [0.29, 0.717) is 5.56 Å². The Morgan fingerprint density at radius 2 is 1.76 bits per heavy atom. The van der Waals surface area contributed by atoms with Crippen LogP contribution in [0.3, 0.4) is 0 Å². The predicted octanol–water partition coefficient (Wildman–Crippen LogP) is 3.51. The van der Waals surface area contributed by atoms with Gasteiger partial charge < -0.3 is 9.64 Å². The first-order valence-corrected chi connectivity index (χ1v) is 8.81. The fraction of sp³-hybridized carbons (Fsp3) is 0.211. The molecular weight excluding hydrogens is 334 g/mol. The molecule has 1 heterocycles. The van der Waals surface area contributed by atoms with Gasteiger partial charge in [-0.3, -0.25) is 0 Å². The van der Waals surface area contributed by atoms with Gasteiger partial charge in [0.2, 0.25) is 0 Å². The van der Waals surface area contributed by atoms with E-state index in [4.69, 9.17) is 4.74 Å². The zero-order valence-electron chi connectivity index (χ0n) is 14.4. The molecule has 25 heavy (non-hydrogen) atoms. The van der Waals surface area contributed by atoms with E-state index in [1.807, 2.05) is 61.5 Å². The van der Waals surface area contributed by atoms with Crippen molar-refractivity contribution in [3.63, 3.8) is 0 Å². The fourth-order valence-corrected chi connectivity index (χ4v) is 3.30. The topological polar surface area (TPSA) is 54.3 Å². The molecule has 3 rings (SSSR count). The normalized spacial score (nSPS) is 13.7. The number of ether oxygens (including phenoxy) is 1. The number of benzene rings is 2. The van der Waals surface area contributed by atoms with Crippen molar-refractivity contribution in [2.24, 2.45) is 10.2 Å². The highest BCUT2D eigenvalue weighted by molar-refractivity contribution is 8.14. The van der Waals surface area contributed by atoms with Crippen molar-refractivity contribution in [2.75, 3.05) is 27.0 Å². The maximum atomic E-state index is 11.7. The Balaban J connectivity index is 1.83. The SMILES string of the molecule is COC(=O)c1cccc(-c2ccc(C3=NN=C(N(C)C)SC3)cc2)c1. The van der Waals surface area contributed by atoms with Crippen molar-refractivity contribution in [1.82, 2.24) is 4.90 Å². The number of thioether (sulfide) groups is 1. The molecule has 0 saturated carbocycles. The molecule has 1 aliphatic heterocycles. The molecule has 0 N–H and O–H groups in total. The summed E-state index contributed by atoms with van der Waals surface area (Å²) < 4.78 is 4.78. The van der Waals surface area contributed by atoms with Crippen LogP contribution in [0.15, 0.2) is 58.7 Å². The zero-order valence-corrected chi connectivity index (χ0v) is 15.2. The van der Waals surface area contributed by atoms with E-state index in [2.05, 4.69) is 10.2 Å². The van der Waals surface area contributed by atoms with Crippen LogP contribution in [0.2, 0.25) is 0 Å². The van der Waals surface area contributed by atoms with Gasteiger partial charge in [-0.1, -0.05) is 48.2 Å². The van der Waals surface area contributed by atoms with Crippen LogP contribution in [-0.4, -0.2) is 48.7 Å². The maximum Gasteiger partial charge on any atom is 0.337 e. The Morgan fingerprint density at radius 1 is 1.04 bits per heavy atom. The second kappa shape index (κ2) is 7.53. The van der Waals surface area contributed by atoms with Crippen molar-refractivity contribution in [1.29, 1.82) is 0 Å². The highest BCUT2D eigenvalue weighted by atomic mass is 32.2. The van der Waals surface area contributed by atoms with Crippen molar-refractivity contribution in [3.8, 4) is 11.1 Å². The summed E-state index contributed by atoms with van der Waals surface area (Å²) in [6.07, 6.45) is 0. The van der Waals surface area contributed by atoms with Crippen LogP contribution in [0.5, 0.6) is 0 Å². The molecule has 1 aliphatic rings. The molecule has 0 saturated heterocycles. The van der Waals surface area contributed by atoms with Crippen LogP contribution in [0.4, 0.5) is 0 Å². The van der Waals surface area contributed by atoms with E-state index in [1.165, 1.54) is 7.11 Å². The summed E-state index contributed by atoms with van der Waals surface area (Å²) in [4.78, 5) is 13.6. The minimum Gasteiger partial charge on any atom is -0.465 e. The summed E-state index contributed by atoms with van der Waals surface area (Å²) in [7, 11) is 5.31. The molecule has 0 aliphatic carbocycles. The highest BCUT2D eigenvalue weighted by Crippen LogP contribution is 2.23. The number of carbonyl (C=O) groups excluding carboxylic acids is 1. The molecule has 0 fully saturated rings. The lowest BCUT2D eigenvalue weighted by molar-refractivity contribution is 0.0601. The lowest BCUT2D eigenvalue weighted by Gasteiger charge is -2.17. The molecule has 0 amide bonds. The Kier molecular flexibility index (Phi) is 5.19. The second-order valence-electron chi connectivity index (χ2n) is 5.76. The summed E-state index contributed by atoms with van der Waals surface area (Å²) in [5.41, 5.74) is 4.58. The first-order valence-electron chi connectivity index (χ1n) is 7.82. The lowest BCUT2D eigenvalue weighted by atomic mass is 10.0. The van der Waals surface area contributed by atoms with Crippen LogP contribution >= 0.6 is 11.8 Å². The monoisotopic (exact) mass is 353 g/mol. The molecule has 0 aromatic heterocycles. The van der Waals surface area contributed by atoms with Crippen LogP contribution in [0.25, 0.3) is 11.1 Å². The summed E-state index contributed by atoms with van der Waals surface area (Å²) in [5.74, 6) is 0.468. The number of hydrogen-bond donors (Lipinski definition) is 0. The Bertz CT molecular complexity index is 842. The van der Waals surface area contributed by atoms with Crippen molar-refractivity contribution >= 4 is 28.6 Å². The van der Waals surface area contributed by atoms with Crippen LogP contribution in [0.1, 0.15) is 15.9 Å². The van der Waals surface area contributed by atoms with E-state index >= 15 is 0 Å². The van der Waals surface area contributed by atoms with Crippen molar-refractivity contribution in [2.45, 2.75) is 0 Å². The molecule has 0 radical (unpaired) electrons. The molecule has 0 atom stereocenters. The lowest BCUT2D eigenvalue weighted by Crippen LogP contribution is -2.23. The molecule has 2 aromatic rings. The Hall–Kier alpha value is -2.60. The van der Waals surface area contributed by atoms with Gasteiger partial charge in [-0.2, -0.15) is 5.10 Å². The van der Waals surface area contributed by atoms with Gasteiger partial charge >= 0.3 is 5.97 Å². The summed E-state index contributed by atoms with van der Waals surface area (Å²) in [5, 5.41) is 9.50. The van der Waals surface area contributed by atoms with E-state index in [-0.39, 0.29) is 5.97 Å². The summed E-state index contributed by atoms with van der Waals surface area (Å²) >= 11 is 1.68. The van der Waals surface area contributed by atoms with Gasteiger partial charge in [0, 0.05) is 19.8 Å². The second-order valence-corrected chi connectivity index (χ2v) is 6.70. The van der Waals surface area contributed by atoms with Crippen molar-refractivity contribution < 1.29 is 9.53 Å². The van der Waals surface area contributed by atoms with Gasteiger partial charge in [-0.15, -0.1) is 5.10 Å². The van der Waals surface area contributed by atoms with Gasteiger partial charge in [0.1, 0.15) is 0 Å². The number of nitrogens with zero attached hydrogens (tertiary/aromatic N) is 3. The highest BCUT2D eigenvalue weighted by Gasteiger charge is 2.14. The van der Waals surface area contributed by atoms with Crippen molar-refractivity contribution in [3.05, 3.63) is 59.7 Å². The molecule has 6 heteroatoms. The standard InChI is InChI=1S/C19H19N3O2S/c1-22(2)19-21-20-17(12-25-19)14-9-7-13(8-10-14)15-5-4-6-16(11-15)18(23)24-3/h4-11H,12H2,1-3H3. The van der Waals surface area contributed by atoms with Crippen LogP contribution in [-0.2, 0) is 4.74 Å². The number of carbonyl (C=O) groups is 1. The van der Waals surface area contributed by atoms with Gasteiger partial charge in [0.15, 0.2) is 5.17 Å². The minimum absolute atomic E-state index is 0.332. The fourth-order valence-electron chi connectivity index (χ4n) is 2.45. The van der Waals surface area contributed by atoms with Crippen LogP contribution in [0, 0.1) is 0 Å². The third-order valence-electron chi connectivity index (χ3n) is 3.81. The number of esters is 1. The predicted molar refractivity (Wildman–Crippen MR) is 103 cm³/mol. The molecule has 128 valence electrons. The first kappa shape index (κ1) is 17.2.